The highest BCUT2D eigenvalue weighted by Crippen LogP contribution is 2.29. The van der Waals surface area contributed by atoms with Gasteiger partial charge in [-0.1, -0.05) is 12.1 Å². The molecule has 162 valence electrons. The highest BCUT2D eigenvalue weighted by atomic mass is 19.4. The summed E-state index contributed by atoms with van der Waals surface area (Å²) in [7, 11) is 3.09. The van der Waals surface area contributed by atoms with Crippen molar-refractivity contribution in [3.8, 4) is 0 Å². The van der Waals surface area contributed by atoms with Crippen LogP contribution >= 0.6 is 0 Å². The summed E-state index contributed by atoms with van der Waals surface area (Å²) >= 11 is 0. The van der Waals surface area contributed by atoms with Crippen LogP contribution in [0.1, 0.15) is 36.8 Å². The van der Waals surface area contributed by atoms with E-state index in [4.69, 9.17) is 0 Å². The van der Waals surface area contributed by atoms with E-state index in [9.17, 15) is 18.0 Å². The molecule has 1 aromatic carbocycles. The number of carbonyl (C=O) groups excluding carboxylic acids is 1. The number of aliphatic imine (C=N–C) groups is 1. The molecule has 0 aromatic heterocycles. The SMILES string of the molecule is CN=C(NCCCCC(=O)OC)NC1CCN(Cc2ccc(C(F)(F)F)cc2)C1. The Morgan fingerprint density at radius 3 is 2.62 bits per heavy atom. The first kappa shape index (κ1) is 23.0. The van der Waals surface area contributed by atoms with Gasteiger partial charge in [0.05, 0.1) is 12.7 Å². The monoisotopic (exact) mass is 414 g/mol. The number of hydrogen-bond donors (Lipinski definition) is 2. The van der Waals surface area contributed by atoms with Crippen molar-refractivity contribution in [2.45, 2.75) is 44.4 Å². The van der Waals surface area contributed by atoms with Crippen molar-refractivity contribution in [1.82, 2.24) is 15.5 Å². The number of ether oxygens (including phenoxy) is 1. The van der Waals surface area contributed by atoms with E-state index < -0.39 is 11.7 Å². The lowest BCUT2D eigenvalue weighted by Gasteiger charge is -2.19. The molecule has 1 aromatic rings. The summed E-state index contributed by atoms with van der Waals surface area (Å²) in [5.74, 6) is 0.510. The van der Waals surface area contributed by atoms with Crippen molar-refractivity contribution in [1.29, 1.82) is 0 Å². The van der Waals surface area contributed by atoms with Crippen molar-refractivity contribution in [3.05, 3.63) is 35.4 Å². The maximum absolute atomic E-state index is 12.7. The first-order valence-corrected chi connectivity index (χ1v) is 9.74. The second-order valence-electron chi connectivity index (χ2n) is 7.09. The first-order valence-electron chi connectivity index (χ1n) is 9.74. The topological polar surface area (TPSA) is 66.0 Å². The molecule has 1 aliphatic rings. The van der Waals surface area contributed by atoms with Crippen LogP contribution in [0.2, 0.25) is 0 Å². The van der Waals surface area contributed by atoms with Crippen LogP contribution in [0.5, 0.6) is 0 Å². The van der Waals surface area contributed by atoms with Crippen molar-refractivity contribution >= 4 is 11.9 Å². The van der Waals surface area contributed by atoms with Gasteiger partial charge >= 0.3 is 12.1 Å². The fourth-order valence-corrected chi connectivity index (χ4v) is 3.24. The molecular weight excluding hydrogens is 385 g/mol. The number of halogens is 3. The minimum atomic E-state index is -4.30. The maximum atomic E-state index is 12.7. The van der Waals surface area contributed by atoms with Crippen LogP contribution in [0.25, 0.3) is 0 Å². The molecule has 0 bridgehead atoms. The van der Waals surface area contributed by atoms with Crippen LogP contribution in [0.4, 0.5) is 13.2 Å². The maximum Gasteiger partial charge on any atom is 0.416 e. The number of nitrogens with zero attached hydrogens (tertiary/aromatic N) is 2. The number of rotatable bonds is 8. The zero-order chi connectivity index (χ0) is 21.3. The molecule has 2 N–H and O–H groups in total. The van der Waals surface area contributed by atoms with Crippen LogP contribution in [-0.4, -0.2) is 56.7 Å². The molecule has 2 rings (SSSR count). The van der Waals surface area contributed by atoms with Crippen molar-refractivity contribution in [2.24, 2.45) is 4.99 Å². The average molecular weight is 414 g/mol. The number of esters is 1. The number of alkyl halides is 3. The van der Waals surface area contributed by atoms with Gasteiger partial charge in [-0.2, -0.15) is 13.2 Å². The van der Waals surface area contributed by atoms with E-state index in [1.54, 1.807) is 19.2 Å². The predicted octanol–water partition coefficient (Wildman–Crippen LogP) is 2.79. The number of unbranched alkanes of at least 4 members (excludes halogenated alkanes) is 1. The summed E-state index contributed by atoms with van der Waals surface area (Å²) in [6, 6.07) is 5.57. The number of benzene rings is 1. The van der Waals surface area contributed by atoms with E-state index >= 15 is 0 Å². The van der Waals surface area contributed by atoms with Gasteiger partial charge in [-0.05, 0) is 37.0 Å². The lowest BCUT2D eigenvalue weighted by Crippen LogP contribution is -2.44. The summed E-state index contributed by atoms with van der Waals surface area (Å²) in [5.41, 5.74) is 0.246. The number of guanidine groups is 1. The molecule has 1 saturated heterocycles. The summed E-state index contributed by atoms with van der Waals surface area (Å²) in [5, 5.41) is 6.61. The third-order valence-electron chi connectivity index (χ3n) is 4.85. The molecule has 1 atom stereocenters. The molecule has 1 heterocycles. The van der Waals surface area contributed by atoms with Crippen LogP contribution < -0.4 is 10.6 Å². The van der Waals surface area contributed by atoms with Gasteiger partial charge in [-0.15, -0.1) is 0 Å². The molecule has 0 aliphatic carbocycles. The number of likely N-dealkylation sites (tertiary alicyclic amines) is 1. The number of hydrogen-bond acceptors (Lipinski definition) is 4. The minimum absolute atomic E-state index is 0.202. The van der Waals surface area contributed by atoms with Crippen molar-refractivity contribution < 1.29 is 22.7 Å². The normalized spacial score (nSPS) is 18.0. The number of methoxy groups -OCH3 is 1. The molecule has 6 nitrogen and oxygen atoms in total. The molecular formula is C20H29F3N4O2. The largest absolute Gasteiger partial charge is 0.469 e. The minimum Gasteiger partial charge on any atom is -0.469 e. The Bertz CT molecular complexity index is 677. The average Bonchev–Trinajstić information content (AvgIpc) is 3.13. The highest BCUT2D eigenvalue weighted by molar-refractivity contribution is 5.80. The van der Waals surface area contributed by atoms with E-state index in [1.165, 1.54) is 7.11 Å². The lowest BCUT2D eigenvalue weighted by molar-refractivity contribution is -0.140. The molecule has 0 spiro atoms. The summed E-state index contributed by atoms with van der Waals surface area (Å²) in [6.45, 7) is 2.99. The Morgan fingerprint density at radius 1 is 1.28 bits per heavy atom. The number of nitrogens with one attached hydrogen (secondary N) is 2. The van der Waals surface area contributed by atoms with E-state index in [-0.39, 0.29) is 12.0 Å². The van der Waals surface area contributed by atoms with Gasteiger partial charge in [-0.25, -0.2) is 0 Å². The highest BCUT2D eigenvalue weighted by Gasteiger charge is 2.30. The Labute approximate surface area is 169 Å². The van der Waals surface area contributed by atoms with E-state index in [0.29, 0.717) is 25.5 Å². The quantitative estimate of drug-likeness (QED) is 0.296. The van der Waals surface area contributed by atoms with Crippen LogP contribution in [0, 0.1) is 0 Å². The molecule has 9 heteroatoms. The van der Waals surface area contributed by atoms with E-state index in [1.807, 2.05) is 0 Å². The summed E-state index contributed by atoms with van der Waals surface area (Å²) in [4.78, 5) is 17.5. The van der Waals surface area contributed by atoms with Crippen LogP contribution in [-0.2, 0) is 22.3 Å². The van der Waals surface area contributed by atoms with Gasteiger partial charge in [0.2, 0.25) is 0 Å². The van der Waals surface area contributed by atoms with Gasteiger partial charge in [0, 0.05) is 45.7 Å². The Balaban J connectivity index is 1.70. The second kappa shape index (κ2) is 11.0. The van der Waals surface area contributed by atoms with Gasteiger partial charge in [0.15, 0.2) is 5.96 Å². The van der Waals surface area contributed by atoms with E-state index in [2.05, 4.69) is 25.3 Å². The third kappa shape index (κ3) is 7.92. The molecule has 1 fully saturated rings. The predicted molar refractivity (Wildman–Crippen MR) is 105 cm³/mol. The molecule has 29 heavy (non-hydrogen) atoms. The zero-order valence-corrected chi connectivity index (χ0v) is 16.9. The molecule has 1 unspecified atom stereocenters. The fourth-order valence-electron chi connectivity index (χ4n) is 3.24. The standard InChI is InChI=1S/C20H29F3N4O2/c1-24-19(25-11-4-3-5-18(28)29-2)26-17-10-12-27(14-17)13-15-6-8-16(9-7-15)20(21,22)23/h6-9,17H,3-5,10-14H2,1-2H3,(H2,24,25,26). The van der Waals surface area contributed by atoms with Crippen LogP contribution in [0.3, 0.4) is 0 Å². The Morgan fingerprint density at radius 2 is 2.00 bits per heavy atom. The molecule has 0 saturated carbocycles. The van der Waals surface area contributed by atoms with Crippen molar-refractivity contribution in [2.75, 3.05) is 33.8 Å². The zero-order valence-electron chi connectivity index (χ0n) is 16.9. The summed E-state index contributed by atoms with van der Waals surface area (Å²) < 4.78 is 42.6. The van der Waals surface area contributed by atoms with Gasteiger partial charge in [0.1, 0.15) is 0 Å². The Hall–Kier alpha value is -2.29. The van der Waals surface area contributed by atoms with Gasteiger partial charge in [0.25, 0.3) is 0 Å². The first-order chi connectivity index (χ1) is 13.8. The molecule has 0 radical (unpaired) electrons. The van der Waals surface area contributed by atoms with E-state index in [0.717, 1.165) is 50.0 Å². The molecule has 0 amide bonds. The van der Waals surface area contributed by atoms with Gasteiger partial charge in [-0.3, -0.25) is 14.7 Å². The number of carbonyl (C=O) groups is 1. The van der Waals surface area contributed by atoms with Crippen LogP contribution in [0.15, 0.2) is 29.3 Å². The second-order valence-corrected chi connectivity index (χ2v) is 7.09. The summed E-state index contributed by atoms with van der Waals surface area (Å²) in [6.07, 6.45) is -1.37. The van der Waals surface area contributed by atoms with Crippen molar-refractivity contribution in [3.63, 3.8) is 0 Å². The smallest absolute Gasteiger partial charge is 0.416 e. The molecule has 1 aliphatic heterocycles. The third-order valence-corrected chi connectivity index (χ3v) is 4.85. The van der Waals surface area contributed by atoms with Gasteiger partial charge < -0.3 is 15.4 Å². The fraction of sp³-hybridized carbons (Fsp3) is 0.600. The lowest BCUT2D eigenvalue weighted by atomic mass is 10.1. The Kier molecular flexibility index (Phi) is 8.75.